The summed E-state index contributed by atoms with van der Waals surface area (Å²) in [6.45, 7) is 9.68. The minimum absolute atomic E-state index is 0.167. The number of rotatable bonds is 7. The van der Waals surface area contributed by atoms with Gasteiger partial charge in [0.1, 0.15) is 0 Å². The van der Waals surface area contributed by atoms with E-state index in [1.165, 1.54) is 0 Å². The number of hydrogen-bond donors (Lipinski definition) is 2. The quantitative estimate of drug-likeness (QED) is 0.802. The summed E-state index contributed by atoms with van der Waals surface area (Å²) < 4.78 is 10.9. The molecule has 124 valence electrons. The molecule has 2 N–H and O–H groups in total. The van der Waals surface area contributed by atoms with Crippen LogP contribution in [-0.2, 0) is 0 Å². The van der Waals surface area contributed by atoms with Gasteiger partial charge in [-0.3, -0.25) is 0 Å². The second-order valence-electron chi connectivity index (χ2n) is 5.82. The van der Waals surface area contributed by atoms with Gasteiger partial charge in [-0.05, 0) is 30.5 Å². The molecule has 2 rings (SSSR count). The molecule has 2 atom stereocenters. The Morgan fingerprint density at radius 2 is 2.00 bits per heavy atom. The van der Waals surface area contributed by atoms with E-state index in [9.17, 15) is 5.11 Å². The maximum Gasteiger partial charge on any atom is 0.161 e. The van der Waals surface area contributed by atoms with E-state index in [4.69, 9.17) is 9.47 Å². The molecule has 1 heterocycles. The lowest BCUT2D eigenvalue weighted by atomic mass is 9.96. The fraction of sp³-hybridized carbons (Fsp3) is 0.647. The van der Waals surface area contributed by atoms with Crippen molar-refractivity contribution in [2.45, 2.75) is 20.0 Å². The summed E-state index contributed by atoms with van der Waals surface area (Å²) in [6.07, 6.45) is -0.500. The molecular weight excluding hydrogens is 280 g/mol. The summed E-state index contributed by atoms with van der Waals surface area (Å²) in [4.78, 5) is 2.40. The average Bonchev–Trinajstić information content (AvgIpc) is 2.55. The number of piperazine rings is 1. The molecular formula is C17H28N2O3. The molecule has 1 aromatic carbocycles. The zero-order valence-electron chi connectivity index (χ0n) is 13.8. The monoisotopic (exact) mass is 308 g/mol. The Kier molecular flexibility index (Phi) is 6.49. The molecule has 0 spiro atoms. The highest BCUT2D eigenvalue weighted by Gasteiger charge is 2.21. The Bertz CT molecular complexity index is 461. The summed E-state index contributed by atoms with van der Waals surface area (Å²) in [5.41, 5.74) is 0.878. The van der Waals surface area contributed by atoms with E-state index in [2.05, 4.69) is 17.1 Å². The minimum Gasteiger partial charge on any atom is -0.493 e. The lowest BCUT2D eigenvalue weighted by molar-refractivity contribution is 0.0840. The van der Waals surface area contributed by atoms with Crippen molar-refractivity contribution in [2.75, 3.05) is 46.4 Å². The van der Waals surface area contributed by atoms with Crippen LogP contribution in [-0.4, -0.2) is 56.4 Å². The van der Waals surface area contributed by atoms with E-state index in [0.29, 0.717) is 12.4 Å². The molecule has 0 radical (unpaired) electrons. The first-order valence-electron chi connectivity index (χ1n) is 8.07. The predicted octanol–water partition coefficient (Wildman–Crippen LogP) is 1.67. The molecule has 0 bridgehead atoms. The number of benzene rings is 1. The Morgan fingerprint density at radius 3 is 2.64 bits per heavy atom. The predicted molar refractivity (Wildman–Crippen MR) is 87.6 cm³/mol. The van der Waals surface area contributed by atoms with Gasteiger partial charge in [-0.15, -0.1) is 0 Å². The molecule has 1 aliphatic heterocycles. The molecule has 0 aromatic heterocycles. The van der Waals surface area contributed by atoms with Crippen LogP contribution in [0.5, 0.6) is 11.5 Å². The number of nitrogens with one attached hydrogen (secondary N) is 1. The van der Waals surface area contributed by atoms with Crippen molar-refractivity contribution in [3.63, 3.8) is 0 Å². The first-order chi connectivity index (χ1) is 10.7. The molecule has 22 heavy (non-hydrogen) atoms. The molecule has 0 saturated carbocycles. The third kappa shape index (κ3) is 4.35. The first kappa shape index (κ1) is 17.1. The van der Waals surface area contributed by atoms with E-state index in [-0.39, 0.29) is 5.92 Å². The maximum absolute atomic E-state index is 10.6. The van der Waals surface area contributed by atoms with E-state index >= 15 is 0 Å². The van der Waals surface area contributed by atoms with Crippen LogP contribution in [0.4, 0.5) is 0 Å². The second kappa shape index (κ2) is 8.36. The standard InChI is InChI=1S/C17H28N2O3/c1-4-22-15-6-5-14(11-16(15)21-3)17(20)13(2)12-19-9-7-18-8-10-19/h5-6,11,13,17-18,20H,4,7-10,12H2,1-3H3. The summed E-state index contributed by atoms with van der Waals surface area (Å²) in [5.74, 6) is 1.56. The first-order valence-corrected chi connectivity index (χ1v) is 8.07. The topological polar surface area (TPSA) is 54.0 Å². The number of hydrogen-bond acceptors (Lipinski definition) is 5. The Morgan fingerprint density at radius 1 is 1.27 bits per heavy atom. The third-order valence-corrected chi connectivity index (χ3v) is 4.12. The highest BCUT2D eigenvalue weighted by Crippen LogP contribution is 2.32. The number of methoxy groups -OCH3 is 1. The van der Waals surface area contributed by atoms with Crippen molar-refractivity contribution < 1.29 is 14.6 Å². The largest absolute Gasteiger partial charge is 0.493 e. The molecule has 1 fully saturated rings. The maximum atomic E-state index is 10.6. The van der Waals surface area contributed by atoms with Gasteiger partial charge in [-0.25, -0.2) is 0 Å². The zero-order chi connectivity index (χ0) is 15.9. The van der Waals surface area contributed by atoms with Gasteiger partial charge in [-0.1, -0.05) is 13.0 Å². The highest BCUT2D eigenvalue weighted by molar-refractivity contribution is 5.43. The molecule has 2 unspecified atom stereocenters. The second-order valence-corrected chi connectivity index (χ2v) is 5.82. The van der Waals surface area contributed by atoms with Crippen LogP contribution >= 0.6 is 0 Å². The van der Waals surface area contributed by atoms with Crippen molar-refractivity contribution in [3.8, 4) is 11.5 Å². The number of aliphatic hydroxyl groups excluding tert-OH is 1. The zero-order valence-corrected chi connectivity index (χ0v) is 13.8. The molecule has 1 saturated heterocycles. The smallest absolute Gasteiger partial charge is 0.161 e. The summed E-state index contributed by atoms with van der Waals surface area (Å²) in [5, 5.41) is 14.0. The van der Waals surface area contributed by atoms with Crippen LogP contribution in [0.15, 0.2) is 18.2 Å². The molecule has 1 aliphatic rings. The summed E-state index contributed by atoms with van der Waals surface area (Å²) in [7, 11) is 1.62. The van der Waals surface area contributed by atoms with Crippen LogP contribution in [0, 0.1) is 5.92 Å². The molecule has 0 aliphatic carbocycles. The number of ether oxygens (including phenoxy) is 2. The van der Waals surface area contributed by atoms with Crippen LogP contribution in [0.1, 0.15) is 25.5 Å². The fourth-order valence-corrected chi connectivity index (χ4v) is 2.87. The SMILES string of the molecule is CCOc1ccc(C(O)C(C)CN2CCNCC2)cc1OC. The van der Waals surface area contributed by atoms with E-state index < -0.39 is 6.10 Å². The molecule has 5 heteroatoms. The summed E-state index contributed by atoms with van der Waals surface area (Å²) in [6, 6.07) is 5.68. The van der Waals surface area contributed by atoms with Crippen molar-refractivity contribution in [1.82, 2.24) is 10.2 Å². The van der Waals surface area contributed by atoms with Gasteiger partial charge in [0, 0.05) is 32.7 Å². The van der Waals surface area contributed by atoms with Gasteiger partial charge in [0.2, 0.25) is 0 Å². The Balaban J connectivity index is 2.02. The summed E-state index contributed by atoms with van der Waals surface area (Å²) >= 11 is 0. The fourth-order valence-electron chi connectivity index (χ4n) is 2.87. The number of aliphatic hydroxyl groups is 1. The molecule has 5 nitrogen and oxygen atoms in total. The van der Waals surface area contributed by atoms with Gasteiger partial charge in [0.05, 0.1) is 19.8 Å². The average molecular weight is 308 g/mol. The van der Waals surface area contributed by atoms with Gasteiger partial charge >= 0.3 is 0 Å². The molecule has 1 aromatic rings. The van der Waals surface area contributed by atoms with Gasteiger partial charge in [0.15, 0.2) is 11.5 Å². The third-order valence-electron chi connectivity index (χ3n) is 4.12. The van der Waals surface area contributed by atoms with E-state index in [0.717, 1.165) is 44.0 Å². The Hall–Kier alpha value is -1.30. The molecule has 0 amide bonds. The van der Waals surface area contributed by atoms with E-state index in [1.54, 1.807) is 7.11 Å². The van der Waals surface area contributed by atoms with Crippen molar-refractivity contribution in [3.05, 3.63) is 23.8 Å². The van der Waals surface area contributed by atoms with Crippen molar-refractivity contribution >= 4 is 0 Å². The van der Waals surface area contributed by atoms with Gasteiger partial charge in [-0.2, -0.15) is 0 Å². The van der Waals surface area contributed by atoms with Crippen LogP contribution in [0.2, 0.25) is 0 Å². The number of nitrogens with zero attached hydrogens (tertiary/aromatic N) is 1. The lowest BCUT2D eigenvalue weighted by Crippen LogP contribution is -2.45. The van der Waals surface area contributed by atoms with Crippen LogP contribution < -0.4 is 14.8 Å². The highest BCUT2D eigenvalue weighted by atomic mass is 16.5. The van der Waals surface area contributed by atoms with Crippen molar-refractivity contribution in [1.29, 1.82) is 0 Å². The van der Waals surface area contributed by atoms with Gasteiger partial charge in [0.25, 0.3) is 0 Å². The van der Waals surface area contributed by atoms with E-state index in [1.807, 2.05) is 25.1 Å². The van der Waals surface area contributed by atoms with Crippen LogP contribution in [0.25, 0.3) is 0 Å². The lowest BCUT2D eigenvalue weighted by Gasteiger charge is -2.31. The normalized spacial score (nSPS) is 18.7. The van der Waals surface area contributed by atoms with Crippen LogP contribution in [0.3, 0.4) is 0 Å². The Labute approximate surface area is 133 Å². The van der Waals surface area contributed by atoms with Crippen molar-refractivity contribution in [2.24, 2.45) is 5.92 Å². The minimum atomic E-state index is -0.500. The van der Waals surface area contributed by atoms with Gasteiger partial charge < -0.3 is 24.8 Å².